The van der Waals surface area contributed by atoms with Crippen LogP contribution >= 0.6 is 0 Å². The zero-order chi connectivity index (χ0) is 12.8. The first-order chi connectivity index (χ1) is 8.04. The molecule has 0 aliphatic carbocycles. The van der Waals surface area contributed by atoms with E-state index in [4.69, 9.17) is 4.74 Å². The van der Waals surface area contributed by atoms with Gasteiger partial charge in [0.2, 0.25) is 0 Å². The van der Waals surface area contributed by atoms with Gasteiger partial charge in [-0.15, -0.1) is 0 Å². The fraction of sp³-hybridized carbons (Fsp3) is 0.462. The van der Waals surface area contributed by atoms with Crippen LogP contribution < -0.4 is 10.6 Å². The largest absolute Gasteiger partial charge is 0.383 e. The van der Waals surface area contributed by atoms with Crippen LogP contribution in [0.15, 0.2) is 12.1 Å². The predicted molar refractivity (Wildman–Crippen MR) is 69.6 cm³/mol. The van der Waals surface area contributed by atoms with Crippen LogP contribution in [0.25, 0.3) is 0 Å². The first kappa shape index (κ1) is 13.5. The normalized spacial score (nSPS) is 10.1. The highest BCUT2D eigenvalue weighted by Crippen LogP contribution is 2.21. The van der Waals surface area contributed by atoms with E-state index in [2.05, 4.69) is 22.8 Å². The molecule has 4 heteroatoms. The van der Waals surface area contributed by atoms with Gasteiger partial charge in [0.25, 0.3) is 0 Å². The molecule has 0 saturated heterocycles. The summed E-state index contributed by atoms with van der Waals surface area (Å²) in [5, 5.41) is 5.59. The number of benzene rings is 1. The number of nitrogens with one attached hydrogen (secondary N) is 2. The smallest absolute Gasteiger partial charge is 0.319 e. The molecule has 0 aliphatic heterocycles. The molecule has 2 N–H and O–H groups in total. The third-order valence-electron chi connectivity index (χ3n) is 2.51. The number of carbonyl (C=O) groups excluding carboxylic acids is 1. The highest BCUT2D eigenvalue weighted by molar-refractivity contribution is 5.91. The Morgan fingerprint density at radius 1 is 1.24 bits per heavy atom. The van der Waals surface area contributed by atoms with Crippen LogP contribution in [0, 0.1) is 20.8 Å². The molecule has 0 unspecified atom stereocenters. The molecule has 0 aromatic heterocycles. The van der Waals surface area contributed by atoms with Crippen molar-refractivity contribution in [3.05, 3.63) is 28.8 Å². The zero-order valence-corrected chi connectivity index (χ0v) is 10.9. The monoisotopic (exact) mass is 236 g/mol. The average Bonchev–Trinajstić information content (AvgIpc) is 2.24. The van der Waals surface area contributed by atoms with Gasteiger partial charge in [0, 0.05) is 19.3 Å². The molecule has 0 heterocycles. The summed E-state index contributed by atoms with van der Waals surface area (Å²) in [6, 6.07) is 3.91. The Balaban J connectivity index is 2.65. The number of hydrogen-bond donors (Lipinski definition) is 2. The first-order valence-electron chi connectivity index (χ1n) is 5.66. The minimum atomic E-state index is -0.197. The zero-order valence-electron chi connectivity index (χ0n) is 10.9. The van der Waals surface area contributed by atoms with Gasteiger partial charge in [-0.3, -0.25) is 0 Å². The van der Waals surface area contributed by atoms with E-state index in [1.807, 2.05) is 20.8 Å². The SMILES string of the molecule is COCCNC(=O)Nc1c(C)cc(C)cc1C. The highest BCUT2D eigenvalue weighted by atomic mass is 16.5. The Labute approximate surface area is 102 Å². The second-order valence-corrected chi connectivity index (χ2v) is 4.15. The topological polar surface area (TPSA) is 50.4 Å². The van der Waals surface area contributed by atoms with Gasteiger partial charge in [0.1, 0.15) is 0 Å². The van der Waals surface area contributed by atoms with Crippen molar-refractivity contribution in [2.24, 2.45) is 0 Å². The van der Waals surface area contributed by atoms with E-state index in [1.54, 1.807) is 7.11 Å². The number of urea groups is 1. The molecule has 0 radical (unpaired) electrons. The summed E-state index contributed by atoms with van der Waals surface area (Å²) in [6.45, 7) is 7.05. The van der Waals surface area contributed by atoms with E-state index in [-0.39, 0.29) is 6.03 Å². The van der Waals surface area contributed by atoms with Gasteiger partial charge >= 0.3 is 6.03 Å². The fourth-order valence-electron chi connectivity index (χ4n) is 1.80. The highest BCUT2D eigenvalue weighted by Gasteiger charge is 2.07. The van der Waals surface area contributed by atoms with Crippen LogP contribution in [-0.4, -0.2) is 26.3 Å². The van der Waals surface area contributed by atoms with Crippen molar-refractivity contribution in [1.82, 2.24) is 5.32 Å². The number of aryl methyl sites for hydroxylation is 3. The number of methoxy groups -OCH3 is 1. The Morgan fingerprint density at radius 3 is 2.35 bits per heavy atom. The van der Waals surface area contributed by atoms with Crippen molar-refractivity contribution in [2.75, 3.05) is 25.6 Å². The lowest BCUT2D eigenvalue weighted by Crippen LogP contribution is -2.31. The third-order valence-corrected chi connectivity index (χ3v) is 2.51. The molecule has 0 saturated carbocycles. The van der Waals surface area contributed by atoms with Gasteiger partial charge < -0.3 is 15.4 Å². The van der Waals surface area contributed by atoms with Crippen molar-refractivity contribution >= 4 is 11.7 Å². The molecule has 0 fully saturated rings. The van der Waals surface area contributed by atoms with E-state index < -0.39 is 0 Å². The van der Waals surface area contributed by atoms with Crippen LogP contribution in [-0.2, 0) is 4.74 Å². The summed E-state index contributed by atoms with van der Waals surface area (Å²) >= 11 is 0. The Kier molecular flexibility index (Phi) is 4.97. The van der Waals surface area contributed by atoms with E-state index in [9.17, 15) is 4.79 Å². The molecule has 1 aromatic carbocycles. The number of rotatable bonds is 4. The summed E-state index contributed by atoms with van der Waals surface area (Å²) in [5.41, 5.74) is 4.23. The Hall–Kier alpha value is -1.55. The van der Waals surface area contributed by atoms with E-state index in [1.165, 1.54) is 5.56 Å². The number of carbonyl (C=O) groups is 1. The summed E-state index contributed by atoms with van der Waals surface area (Å²) in [5.74, 6) is 0. The number of amides is 2. The predicted octanol–water partition coefficient (Wildman–Crippen LogP) is 2.38. The summed E-state index contributed by atoms with van der Waals surface area (Å²) in [4.78, 5) is 11.6. The second kappa shape index (κ2) is 6.25. The molecule has 17 heavy (non-hydrogen) atoms. The molecule has 4 nitrogen and oxygen atoms in total. The van der Waals surface area contributed by atoms with Crippen LogP contribution in [0.5, 0.6) is 0 Å². The van der Waals surface area contributed by atoms with Gasteiger partial charge in [-0.05, 0) is 31.9 Å². The summed E-state index contributed by atoms with van der Waals surface area (Å²) in [7, 11) is 1.61. The fourth-order valence-corrected chi connectivity index (χ4v) is 1.80. The van der Waals surface area contributed by atoms with E-state index in [0.717, 1.165) is 16.8 Å². The number of hydrogen-bond acceptors (Lipinski definition) is 2. The maximum Gasteiger partial charge on any atom is 0.319 e. The first-order valence-corrected chi connectivity index (χ1v) is 5.66. The van der Waals surface area contributed by atoms with Crippen molar-refractivity contribution in [1.29, 1.82) is 0 Å². The molecule has 0 bridgehead atoms. The summed E-state index contributed by atoms with van der Waals surface area (Å²) < 4.78 is 4.86. The van der Waals surface area contributed by atoms with E-state index >= 15 is 0 Å². The Bertz CT molecular complexity index is 379. The quantitative estimate of drug-likeness (QED) is 0.789. The Morgan fingerprint density at radius 2 is 1.82 bits per heavy atom. The molecule has 0 aliphatic rings. The minimum Gasteiger partial charge on any atom is -0.383 e. The number of anilines is 1. The lowest BCUT2D eigenvalue weighted by atomic mass is 10.1. The van der Waals surface area contributed by atoms with E-state index in [0.29, 0.717) is 13.2 Å². The van der Waals surface area contributed by atoms with Crippen molar-refractivity contribution in [3.8, 4) is 0 Å². The lowest BCUT2D eigenvalue weighted by Gasteiger charge is -2.13. The molecular formula is C13H20N2O2. The molecule has 0 atom stereocenters. The van der Waals surface area contributed by atoms with Crippen LogP contribution in [0.3, 0.4) is 0 Å². The molecule has 0 spiro atoms. The van der Waals surface area contributed by atoms with Gasteiger partial charge in [-0.1, -0.05) is 17.7 Å². The van der Waals surface area contributed by atoms with Crippen LogP contribution in [0.2, 0.25) is 0 Å². The molecule has 2 amide bonds. The van der Waals surface area contributed by atoms with Gasteiger partial charge in [0.05, 0.1) is 6.61 Å². The molecule has 1 rings (SSSR count). The molecule has 94 valence electrons. The second-order valence-electron chi connectivity index (χ2n) is 4.15. The van der Waals surface area contributed by atoms with Crippen molar-refractivity contribution in [3.63, 3.8) is 0 Å². The maximum absolute atomic E-state index is 11.6. The van der Waals surface area contributed by atoms with Gasteiger partial charge in [0.15, 0.2) is 0 Å². The minimum absolute atomic E-state index is 0.197. The van der Waals surface area contributed by atoms with Crippen LogP contribution in [0.4, 0.5) is 10.5 Å². The van der Waals surface area contributed by atoms with Crippen LogP contribution in [0.1, 0.15) is 16.7 Å². The average molecular weight is 236 g/mol. The molecular weight excluding hydrogens is 216 g/mol. The standard InChI is InChI=1S/C13H20N2O2/c1-9-7-10(2)12(11(3)8-9)15-13(16)14-5-6-17-4/h7-8H,5-6H2,1-4H3,(H2,14,15,16). The van der Waals surface area contributed by atoms with Crippen molar-refractivity contribution in [2.45, 2.75) is 20.8 Å². The van der Waals surface area contributed by atoms with Crippen molar-refractivity contribution < 1.29 is 9.53 Å². The molecule has 1 aromatic rings. The lowest BCUT2D eigenvalue weighted by molar-refractivity contribution is 0.198. The van der Waals surface area contributed by atoms with Gasteiger partial charge in [-0.25, -0.2) is 4.79 Å². The summed E-state index contributed by atoms with van der Waals surface area (Å²) in [6.07, 6.45) is 0. The maximum atomic E-state index is 11.6. The van der Waals surface area contributed by atoms with Gasteiger partial charge in [-0.2, -0.15) is 0 Å². The number of ether oxygens (including phenoxy) is 1. The third kappa shape index (κ3) is 4.07.